The Bertz CT molecular complexity index is 161. The Morgan fingerprint density at radius 3 is 2.20 bits per heavy atom. The third-order valence-corrected chi connectivity index (χ3v) is 2.56. The van der Waals surface area contributed by atoms with Crippen LogP contribution < -0.4 is 10.9 Å². The molecule has 3 heteroatoms. The lowest BCUT2D eigenvalue weighted by Gasteiger charge is -2.44. The smallest absolute Gasteiger partial charge is 0.256 e. The van der Waals surface area contributed by atoms with Crippen LogP contribution in [0.3, 0.4) is 0 Å². The van der Waals surface area contributed by atoms with Crippen LogP contribution in [-0.4, -0.2) is 11.4 Å². The summed E-state index contributed by atoms with van der Waals surface area (Å²) >= 11 is 0. The van der Waals surface area contributed by atoms with Crippen LogP contribution in [0.2, 0.25) is 0 Å². The molecule has 1 saturated carbocycles. The molecule has 3 nitrogen and oxygen atoms in total. The van der Waals surface area contributed by atoms with Crippen molar-refractivity contribution in [3.05, 3.63) is 0 Å². The van der Waals surface area contributed by atoms with Crippen molar-refractivity contribution in [2.45, 2.75) is 37.6 Å². The van der Waals surface area contributed by atoms with Gasteiger partial charge < -0.3 is 0 Å². The minimum absolute atomic E-state index is 0.141. The third-order valence-electron chi connectivity index (χ3n) is 2.56. The molecule has 0 bridgehead atoms. The SMILES string of the molecule is O=C1NNC12CCCCC2. The zero-order valence-electron chi connectivity index (χ0n) is 5.94. The number of hydrogen-bond donors (Lipinski definition) is 2. The topological polar surface area (TPSA) is 41.1 Å². The Labute approximate surface area is 60.1 Å². The zero-order valence-corrected chi connectivity index (χ0v) is 5.94. The zero-order chi connectivity index (χ0) is 7.03. The molecule has 1 aliphatic carbocycles. The van der Waals surface area contributed by atoms with Crippen molar-refractivity contribution in [1.29, 1.82) is 0 Å². The van der Waals surface area contributed by atoms with Crippen LogP contribution in [-0.2, 0) is 4.79 Å². The Kier molecular flexibility index (Phi) is 1.20. The maximum absolute atomic E-state index is 11.0. The van der Waals surface area contributed by atoms with Gasteiger partial charge >= 0.3 is 0 Å². The lowest BCUT2D eigenvalue weighted by Crippen LogP contribution is -2.74. The van der Waals surface area contributed by atoms with Crippen LogP contribution in [0.1, 0.15) is 32.1 Å². The molecule has 0 aromatic heterocycles. The molecule has 2 rings (SSSR count). The highest BCUT2D eigenvalue weighted by Gasteiger charge is 2.46. The molecule has 2 aliphatic rings. The van der Waals surface area contributed by atoms with E-state index in [0.29, 0.717) is 0 Å². The lowest BCUT2D eigenvalue weighted by molar-refractivity contribution is -0.141. The van der Waals surface area contributed by atoms with Gasteiger partial charge in [0.2, 0.25) is 0 Å². The monoisotopic (exact) mass is 140 g/mol. The normalized spacial score (nSPS) is 29.4. The van der Waals surface area contributed by atoms with Crippen molar-refractivity contribution in [3.63, 3.8) is 0 Å². The van der Waals surface area contributed by atoms with Gasteiger partial charge in [-0.05, 0) is 12.8 Å². The molecule has 1 heterocycles. The Morgan fingerprint density at radius 1 is 1.20 bits per heavy atom. The minimum Gasteiger partial charge on any atom is -0.289 e. The number of nitrogens with one attached hydrogen (secondary N) is 2. The van der Waals surface area contributed by atoms with Gasteiger partial charge in [-0.25, -0.2) is 5.43 Å². The highest BCUT2D eigenvalue weighted by molar-refractivity contribution is 5.90. The fraction of sp³-hybridized carbons (Fsp3) is 0.857. The Balaban J connectivity index is 2.06. The van der Waals surface area contributed by atoms with Crippen LogP contribution in [0, 0.1) is 0 Å². The molecule has 0 aromatic rings. The van der Waals surface area contributed by atoms with Crippen LogP contribution in [0.15, 0.2) is 0 Å². The molecule has 0 aromatic carbocycles. The summed E-state index contributed by atoms with van der Waals surface area (Å²) in [6.07, 6.45) is 5.73. The molecule has 56 valence electrons. The summed E-state index contributed by atoms with van der Waals surface area (Å²) in [4.78, 5) is 11.0. The van der Waals surface area contributed by atoms with Gasteiger partial charge in [0.15, 0.2) is 0 Å². The number of carbonyl (C=O) groups excluding carboxylic acids is 1. The van der Waals surface area contributed by atoms with Crippen molar-refractivity contribution in [2.75, 3.05) is 0 Å². The first-order chi connectivity index (χ1) is 4.83. The summed E-state index contributed by atoms with van der Waals surface area (Å²) < 4.78 is 0. The van der Waals surface area contributed by atoms with Crippen molar-refractivity contribution >= 4 is 5.91 Å². The van der Waals surface area contributed by atoms with Gasteiger partial charge in [0.05, 0.1) is 0 Å². The molecule has 1 amide bonds. The number of hydrogen-bond acceptors (Lipinski definition) is 2. The number of hydrazine groups is 1. The maximum Gasteiger partial charge on any atom is 0.256 e. The molecule has 2 fully saturated rings. The van der Waals surface area contributed by atoms with Crippen molar-refractivity contribution in [3.8, 4) is 0 Å². The largest absolute Gasteiger partial charge is 0.289 e. The van der Waals surface area contributed by atoms with Crippen LogP contribution in [0.4, 0.5) is 0 Å². The molecule has 0 atom stereocenters. The van der Waals surface area contributed by atoms with E-state index in [1.807, 2.05) is 0 Å². The van der Waals surface area contributed by atoms with E-state index in [1.54, 1.807) is 0 Å². The first-order valence-electron chi connectivity index (χ1n) is 3.91. The highest BCUT2D eigenvalue weighted by Crippen LogP contribution is 2.30. The predicted molar refractivity (Wildman–Crippen MR) is 37.1 cm³/mol. The van der Waals surface area contributed by atoms with Crippen molar-refractivity contribution in [2.24, 2.45) is 0 Å². The summed E-state index contributed by atoms with van der Waals surface area (Å²) in [6.45, 7) is 0. The number of carbonyl (C=O) groups is 1. The Hall–Kier alpha value is -0.570. The molecule has 1 spiro atoms. The van der Waals surface area contributed by atoms with Crippen LogP contribution >= 0.6 is 0 Å². The highest BCUT2D eigenvalue weighted by atomic mass is 16.2. The van der Waals surface area contributed by atoms with Crippen LogP contribution in [0.5, 0.6) is 0 Å². The van der Waals surface area contributed by atoms with E-state index in [4.69, 9.17) is 0 Å². The van der Waals surface area contributed by atoms with Gasteiger partial charge in [-0.3, -0.25) is 10.2 Å². The van der Waals surface area contributed by atoms with E-state index in [2.05, 4.69) is 10.9 Å². The van der Waals surface area contributed by atoms with E-state index in [-0.39, 0.29) is 11.4 Å². The fourth-order valence-electron chi connectivity index (χ4n) is 1.80. The quantitative estimate of drug-likeness (QED) is 0.509. The third kappa shape index (κ3) is 0.669. The van der Waals surface area contributed by atoms with E-state index in [0.717, 1.165) is 12.8 Å². The Morgan fingerprint density at radius 2 is 1.90 bits per heavy atom. The van der Waals surface area contributed by atoms with E-state index < -0.39 is 0 Å². The minimum atomic E-state index is -0.141. The molecular weight excluding hydrogens is 128 g/mol. The van der Waals surface area contributed by atoms with Crippen molar-refractivity contribution < 1.29 is 4.79 Å². The molecular formula is C7H12N2O. The lowest BCUT2D eigenvalue weighted by atomic mass is 9.79. The second-order valence-electron chi connectivity index (χ2n) is 3.22. The van der Waals surface area contributed by atoms with Gasteiger partial charge in [0, 0.05) is 0 Å². The summed E-state index contributed by atoms with van der Waals surface area (Å²) in [6, 6.07) is 0. The van der Waals surface area contributed by atoms with Crippen molar-refractivity contribution in [1.82, 2.24) is 10.9 Å². The average Bonchev–Trinajstić information content (AvgIpc) is 2.04. The number of rotatable bonds is 0. The van der Waals surface area contributed by atoms with Crippen LogP contribution in [0.25, 0.3) is 0 Å². The molecule has 1 saturated heterocycles. The second kappa shape index (κ2) is 1.95. The second-order valence-corrected chi connectivity index (χ2v) is 3.22. The van der Waals surface area contributed by atoms with E-state index in [1.165, 1.54) is 19.3 Å². The summed E-state index contributed by atoms with van der Waals surface area (Å²) in [5.41, 5.74) is 5.45. The summed E-state index contributed by atoms with van der Waals surface area (Å²) in [5.74, 6) is 0.201. The molecule has 10 heavy (non-hydrogen) atoms. The first kappa shape index (κ1) is 6.16. The average molecular weight is 140 g/mol. The van der Waals surface area contributed by atoms with Gasteiger partial charge in [0.1, 0.15) is 5.54 Å². The van der Waals surface area contributed by atoms with Gasteiger partial charge in [0.25, 0.3) is 5.91 Å². The summed E-state index contributed by atoms with van der Waals surface area (Å²) in [7, 11) is 0. The maximum atomic E-state index is 11.0. The standard InChI is InChI=1S/C7H12N2O/c10-6-7(9-8-6)4-2-1-3-5-7/h9H,1-5H2,(H,8,10). The number of amides is 1. The molecule has 0 radical (unpaired) electrons. The predicted octanol–water partition coefficient (Wildman–Crippen LogP) is 0.324. The fourth-order valence-corrected chi connectivity index (χ4v) is 1.80. The van der Waals surface area contributed by atoms with Gasteiger partial charge in [-0.2, -0.15) is 0 Å². The van der Waals surface area contributed by atoms with Gasteiger partial charge in [-0.15, -0.1) is 0 Å². The molecule has 1 aliphatic heterocycles. The first-order valence-corrected chi connectivity index (χ1v) is 3.91. The molecule has 0 unspecified atom stereocenters. The van der Waals surface area contributed by atoms with E-state index >= 15 is 0 Å². The van der Waals surface area contributed by atoms with Gasteiger partial charge in [-0.1, -0.05) is 19.3 Å². The summed E-state index contributed by atoms with van der Waals surface area (Å²) in [5, 5.41) is 0. The van der Waals surface area contributed by atoms with E-state index in [9.17, 15) is 4.79 Å². The molecule has 2 N–H and O–H groups in total.